The zero-order valence-electron chi connectivity index (χ0n) is 19.5. The van der Waals surface area contributed by atoms with Crippen molar-refractivity contribution < 1.29 is 9.53 Å². The second-order valence-electron chi connectivity index (χ2n) is 8.41. The molecule has 0 spiro atoms. The van der Waals surface area contributed by atoms with Gasteiger partial charge in [0.2, 0.25) is 0 Å². The number of carbonyl (C=O) groups excluding carboxylic acids is 1. The van der Waals surface area contributed by atoms with Crippen LogP contribution in [0.4, 0.5) is 0 Å². The zero-order valence-corrected chi connectivity index (χ0v) is 19.5. The number of ether oxygens (including phenoxy) is 1. The summed E-state index contributed by atoms with van der Waals surface area (Å²) in [6.07, 6.45) is 22.1. The Morgan fingerprint density at radius 2 is 1.14 bits per heavy atom. The molecule has 0 aromatic carbocycles. The van der Waals surface area contributed by atoms with E-state index in [2.05, 4.69) is 26.1 Å². The molecule has 3 nitrogen and oxygen atoms in total. The molecule has 0 radical (unpaired) electrons. The van der Waals surface area contributed by atoms with Crippen molar-refractivity contribution in [3.63, 3.8) is 0 Å². The highest BCUT2D eigenvalue weighted by atomic mass is 16.5. The summed E-state index contributed by atoms with van der Waals surface area (Å²) in [5.41, 5.74) is 0. The van der Waals surface area contributed by atoms with Crippen LogP contribution in [0.5, 0.6) is 0 Å². The molecule has 0 saturated heterocycles. The first kappa shape index (κ1) is 27.4. The highest BCUT2D eigenvalue weighted by Gasteiger charge is 2.18. The van der Waals surface area contributed by atoms with E-state index in [-0.39, 0.29) is 11.9 Å². The van der Waals surface area contributed by atoms with E-state index >= 15 is 0 Å². The van der Waals surface area contributed by atoms with Crippen LogP contribution in [-0.4, -0.2) is 25.7 Å². The lowest BCUT2D eigenvalue weighted by Gasteiger charge is -2.16. The van der Waals surface area contributed by atoms with E-state index in [1.165, 1.54) is 83.5 Å². The molecule has 0 aliphatic heterocycles. The average molecular weight is 398 g/mol. The molecule has 0 amide bonds. The lowest BCUT2D eigenvalue weighted by Crippen LogP contribution is -2.30. The van der Waals surface area contributed by atoms with Crippen molar-refractivity contribution in [1.82, 2.24) is 5.32 Å². The normalized spacial score (nSPS) is 12.2. The van der Waals surface area contributed by atoms with Crippen molar-refractivity contribution >= 4 is 5.97 Å². The summed E-state index contributed by atoms with van der Waals surface area (Å²) < 4.78 is 5.53. The molecule has 1 atom stereocenters. The Kier molecular flexibility index (Phi) is 22.3. The fourth-order valence-corrected chi connectivity index (χ4v) is 3.66. The molecule has 1 unspecified atom stereocenters. The number of carbonyl (C=O) groups is 1. The van der Waals surface area contributed by atoms with E-state index in [0.29, 0.717) is 6.61 Å². The van der Waals surface area contributed by atoms with E-state index in [9.17, 15) is 4.79 Å². The number of unbranched alkanes of at least 4 members (excludes halogenated alkanes) is 14. The van der Waals surface area contributed by atoms with E-state index in [4.69, 9.17) is 4.74 Å². The Labute approximate surface area is 176 Å². The number of rotatable bonds is 22. The maximum atomic E-state index is 12.2. The van der Waals surface area contributed by atoms with Gasteiger partial charge < -0.3 is 10.1 Å². The summed E-state index contributed by atoms with van der Waals surface area (Å²) >= 11 is 0. The second kappa shape index (κ2) is 22.7. The van der Waals surface area contributed by atoms with Gasteiger partial charge in [-0.1, -0.05) is 117 Å². The third-order valence-electron chi connectivity index (χ3n) is 5.62. The maximum Gasteiger partial charge on any atom is 0.310 e. The summed E-state index contributed by atoms with van der Waals surface area (Å²) in [5, 5.41) is 3.29. The summed E-state index contributed by atoms with van der Waals surface area (Å²) in [6, 6.07) is 0. The molecular weight excluding hydrogens is 346 g/mol. The van der Waals surface area contributed by atoms with Gasteiger partial charge in [-0.15, -0.1) is 0 Å². The van der Waals surface area contributed by atoms with Gasteiger partial charge in [-0.2, -0.15) is 0 Å². The molecule has 3 heteroatoms. The van der Waals surface area contributed by atoms with Crippen LogP contribution in [0.25, 0.3) is 0 Å². The van der Waals surface area contributed by atoms with Crippen molar-refractivity contribution in [2.75, 3.05) is 19.7 Å². The van der Waals surface area contributed by atoms with Gasteiger partial charge >= 0.3 is 5.97 Å². The molecule has 0 aromatic heterocycles. The van der Waals surface area contributed by atoms with Crippen LogP contribution in [-0.2, 0) is 9.53 Å². The van der Waals surface area contributed by atoms with Crippen LogP contribution in [0.2, 0.25) is 0 Å². The smallest absolute Gasteiger partial charge is 0.310 e. The number of nitrogens with one attached hydrogen (secondary N) is 1. The van der Waals surface area contributed by atoms with E-state index < -0.39 is 0 Å². The molecule has 28 heavy (non-hydrogen) atoms. The quantitative estimate of drug-likeness (QED) is 0.152. The SMILES string of the molecule is CCCCCCCCCCCCCCCCOC(=O)C(CCCC)CNCC. The van der Waals surface area contributed by atoms with Crippen LogP contribution in [0, 0.1) is 5.92 Å². The van der Waals surface area contributed by atoms with Crippen molar-refractivity contribution in [3.05, 3.63) is 0 Å². The number of hydrogen-bond donors (Lipinski definition) is 1. The van der Waals surface area contributed by atoms with Gasteiger partial charge in [-0.3, -0.25) is 4.79 Å². The first-order valence-electron chi connectivity index (χ1n) is 12.6. The lowest BCUT2D eigenvalue weighted by molar-refractivity contribution is -0.148. The predicted octanol–water partition coefficient (Wildman–Crippen LogP) is 7.43. The Morgan fingerprint density at radius 1 is 0.679 bits per heavy atom. The maximum absolute atomic E-state index is 12.2. The second-order valence-corrected chi connectivity index (χ2v) is 8.41. The molecule has 0 fully saturated rings. The molecular formula is C25H51NO2. The van der Waals surface area contributed by atoms with Crippen molar-refractivity contribution in [2.45, 2.75) is 130 Å². The first-order chi connectivity index (χ1) is 13.8. The average Bonchev–Trinajstić information content (AvgIpc) is 2.70. The van der Waals surface area contributed by atoms with Gasteiger partial charge in [0.05, 0.1) is 12.5 Å². The molecule has 0 heterocycles. The Hall–Kier alpha value is -0.570. The van der Waals surface area contributed by atoms with E-state index in [1.807, 2.05) is 0 Å². The van der Waals surface area contributed by atoms with E-state index in [0.717, 1.165) is 38.8 Å². The minimum absolute atomic E-state index is 0.00379. The molecule has 0 aliphatic carbocycles. The van der Waals surface area contributed by atoms with Gasteiger partial charge in [0, 0.05) is 6.54 Å². The molecule has 0 aromatic rings. The standard InChI is InChI=1S/C25H51NO2/c1-4-7-9-10-11-12-13-14-15-16-17-18-19-20-22-28-25(27)24(21-8-5-2)23-26-6-3/h24,26H,4-23H2,1-3H3. The van der Waals surface area contributed by atoms with Crippen molar-refractivity contribution in [2.24, 2.45) is 5.92 Å². The highest BCUT2D eigenvalue weighted by molar-refractivity contribution is 5.72. The Morgan fingerprint density at radius 3 is 1.61 bits per heavy atom. The first-order valence-corrected chi connectivity index (χ1v) is 12.6. The fourth-order valence-electron chi connectivity index (χ4n) is 3.66. The lowest BCUT2D eigenvalue weighted by atomic mass is 10.0. The topological polar surface area (TPSA) is 38.3 Å². The number of esters is 1. The van der Waals surface area contributed by atoms with Crippen molar-refractivity contribution in [3.8, 4) is 0 Å². The third kappa shape index (κ3) is 18.8. The van der Waals surface area contributed by atoms with Crippen molar-refractivity contribution in [1.29, 1.82) is 0 Å². The minimum Gasteiger partial charge on any atom is -0.465 e. The molecule has 168 valence electrons. The summed E-state index contributed by atoms with van der Waals surface area (Å²) in [7, 11) is 0. The van der Waals surface area contributed by atoms with Gasteiger partial charge in [0.1, 0.15) is 0 Å². The van der Waals surface area contributed by atoms with Gasteiger partial charge in [0.25, 0.3) is 0 Å². The molecule has 0 saturated carbocycles. The van der Waals surface area contributed by atoms with Gasteiger partial charge in [-0.25, -0.2) is 0 Å². The molecule has 0 bridgehead atoms. The predicted molar refractivity (Wildman–Crippen MR) is 123 cm³/mol. The van der Waals surface area contributed by atoms with Crippen LogP contribution >= 0.6 is 0 Å². The summed E-state index contributed by atoms with van der Waals surface area (Å²) in [6.45, 7) is 8.80. The largest absolute Gasteiger partial charge is 0.465 e. The Balaban J connectivity index is 3.42. The highest BCUT2D eigenvalue weighted by Crippen LogP contribution is 2.14. The summed E-state index contributed by atoms with van der Waals surface area (Å²) in [4.78, 5) is 12.2. The fraction of sp³-hybridized carbons (Fsp3) is 0.960. The Bertz CT molecular complexity index is 312. The van der Waals surface area contributed by atoms with E-state index in [1.54, 1.807) is 0 Å². The monoisotopic (exact) mass is 397 g/mol. The van der Waals surface area contributed by atoms with Gasteiger partial charge in [0.15, 0.2) is 0 Å². The zero-order chi connectivity index (χ0) is 20.7. The third-order valence-corrected chi connectivity index (χ3v) is 5.62. The molecule has 1 N–H and O–H groups in total. The molecule has 0 rings (SSSR count). The van der Waals surface area contributed by atoms with Crippen LogP contribution in [0.15, 0.2) is 0 Å². The van der Waals surface area contributed by atoms with Crippen LogP contribution in [0.1, 0.15) is 130 Å². The molecule has 0 aliphatic rings. The van der Waals surface area contributed by atoms with Crippen LogP contribution < -0.4 is 5.32 Å². The number of hydrogen-bond acceptors (Lipinski definition) is 3. The van der Waals surface area contributed by atoms with Gasteiger partial charge in [-0.05, 0) is 19.4 Å². The minimum atomic E-state index is 0.00379. The summed E-state index contributed by atoms with van der Waals surface area (Å²) in [5.74, 6) is 0.0376. The van der Waals surface area contributed by atoms with Crippen LogP contribution in [0.3, 0.4) is 0 Å².